The number of thiophene rings is 1. The van der Waals surface area contributed by atoms with Crippen LogP contribution < -0.4 is 20.8 Å². The van der Waals surface area contributed by atoms with Crippen LogP contribution in [0.3, 0.4) is 0 Å². The number of amides is 1. The number of hydrogen-bond donors (Lipinski definition) is 3. The van der Waals surface area contributed by atoms with Crippen molar-refractivity contribution in [2.45, 2.75) is 18.1 Å². The van der Waals surface area contributed by atoms with Crippen molar-refractivity contribution < 1.29 is 17.9 Å². The van der Waals surface area contributed by atoms with E-state index in [1.165, 1.54) is 17.7 Å². The van der Waals surface area contributed by atoms with Crippen LogP contribution in [0.25, 0.3) is 21.3 Å². The third-order valence-corrected chi connectivity index (χ3v) is 7.50. The van der Waals surface area contributed by atoms with E-state index in [1.807, 2.05) is 19.9 Å². The number of ether oxygens (including phenoxy) is 1. The third-order valence-electron chi connectivity index (χ3n) is 4.93. The van der Waals surface area contributed by atoms with E-state index in [9.17, 15) is 18.0 Å². The Morgan fingerprint density at radius 1 is 1.24 bits per heavy atom. The van der Waals surface area contributed by atoms with Crippen molar-refractivity contribution in [3.8, 4) is 22.1 Å². The summed E-state index contributed by atoms with van der Waals surface area (Å²) in [5, 5.41) is 8.34. The van der Waals surface area contributed by atoms with Crippen LogP contribution in [-0.4, -0.2) is 35.9 Å². The summed E-state index contributed by atoms with van der Waals surface area (Å²) in [6.45, 7) is 3.71. The normalized spacial score (nSPS) is 11.7. The molecule has 10 nitrogen and oxygen atoms in total. The van der Waals surface area contributed by atoms with Gasteiger partial charge in [-0.15, -0.1) is 11.3 Å². The lowest BCUT2D eigenvalue weighted by Gasteiger charge is -2.09. The zero-order chi connectivity index (χ0) is 24.1. The number of carbonyl (C=O) groups excluding carboxylic acids is 1. The molecule has 0 saturated heterocycles. The monoisotopic (exact) mass is 487 g/mol. The van der Waals surface area contributed by atoms with Crippen molar-refractivity contribution in [3.05, 3.63) is 57.8 Å². The lowest BCUT2D eigenvalue weighted by Crippen LogP contribution is -2.19. The number of nitrogens with one attached hydrogen (secondary N) is 2. The summed E-state index contributed by atoms with van der Waals surface area (Å²) < 4.78 is 31.5. The number of H-pyrrole nitrogens is 1. The van der Waals surface area contributed by atoms with Gasteiger partial charge in [0.2, 0.25) is 15.9 Å². The van der Waals surface area contributed by atoms with E-state index in [0.717, 1.165) is 22.6 Å². The highest BCUT2D eigenvalue weighted by atomic mass is 32.2. The summed E-state index contributed by atoms with van der Waals surface area (Å²) in [5.74, 6) is 0.101. The first kappa shape index (κ1) is 22.7. The molecule has 0 bridgehead atoms. The van der Waals surface area contributed by atoms with Gasteiger partial charge < -0.3 is 19.6 Å². The molecule has 0 radical (unpaired) electrons. The maximum Gasteiger partial charge on any atom is 0.274 e. The van der Waals surface area contributed by atoms with E-state index in [1.54, 1.807) is 25.4 Å². The number of aromatic amines is 1. The van der Waals surface area contributed by atoms with Crippen molar-refractivity contribution in [1.29, 1.82) is 0 Å². The number of fused-ring (bicyclic) bond motifs is 1. The summed E-state index contributed by atoms with van der Waals surface area (Å²) >= 11 is 0.904. The van der Waals surface area contributed by atoms with E-state index in [2.05, 4.69) is 15.3 Å². The largest absolute Gasteiger partial charge is 0.437 e. The van der Waals surface area contributed by atoms with Gasteiger partial charge in [-0.05, 0) is 31.5 Å². The smallest absolute Gasteiger partial charge is 0.274 e. The second kappa shape index (κ2) is 8.14. The Balaban J connectivity index is 1.99. The number of rotatable bonds is 5. The number of sulfonamides is 1. The quantitative estimate of drug-likeness (QED) is 0.393. The number of aryl methyl sites for hydroxylation is 3. The molecule has 0 aliphatic carbocycles. The molecule has 0 saturated carbocycles. The van der Waals surface area contributed by atoms with Crippen LogP contribution in [-0.2, 0) is 17.1 Å². The van der Waals surface area contributed by atoms with Crippen molar-refractivity contribution in [2.24, 2.45) is 12.2 Å². The molecule has 4 rings (SSSR count). The molecule has 0 atom stereocenters. The van der Waals surface area contributed by atoms with Crippen molar-refractivity contribution in [2.75, 3.05) is 7.05 Å². The van der Waals surface area contributed by atoms with Gasteiger partial charge in [0.25, 0.3) is 11.5 Å². The number of pyridine rings is 2. The van der Waals surface area contributed by atoms with Gasteiger partial charge in [-0.1, -0.05) is 0 Å². The maximum atomic E-state index is 12.7. The van der Waals surface area contributed by atoms with Crippen molar-refractivity contribution >= 4 is 38.2 Å². The van der Waals surface area contributed by atoms with E-state index < -0.39 is 15.9 Å². The Labute approximate surface area is 193 Å². The van der Waals surface area contributed by atoms with Gasteiger partial charge >= 0.3 is 0 Å². The zero-order valence-electron chi connectivity index (χ0n) is 18.2. The highest BCUT2D eigenvalue weighted by Gasteiger charge is 2.24. The van der Waals surface area contributed by atoms with E-state index >= 15 is 0 Å². The van der Waals surface area contributed by atoms with E-state index in [0.29, 0.717) is 15.8 Å². The van der Waals surface area contributed by atoms with Crippen LogP contribution in [0.15, 0.2) is 39.5 Å². The minimum absolute atomic E-state index is 0.110. The van der Waals surface area contributed by atoms with E-state index in [4.69, 9.17) is 9.88 Å². The molecule has 12 heteroatoms. The van der Waals surface area contributed by atoms with Crippen LogP contribution in [0, 0.1) is 13.8 Å². The molecule has 0 aliphatic rings. The number of hydrogen-bond acceptors (Lipinski definition) is 7. The Morgan fingerprint density at radius 3 is 2.61 bits per heavy atom. The minimum Gasteiger partial charge on any atom is -0.437 e. The average Bonchev–Trinajstić information content (AvgIpc) is 3.34. The fourth-order valence-corrected chi connectivity index (χ4v) is 5.32. The Kier molecular flexibility index (Phi) is 5.60. The van der Waals surface area contributed by atoms with Gasteiger partial charge in [0.05, 0.1) is 4.88 Å². The van der Waals surface area contributed by atoms with Crippen LogP contribution in [0.1, 0.15) is 21.7 Å². The molecule has 4 aromatic rings. The average molecular weight is 488 g/mol. The summed E-state index contributed by atoms with van der Waals surface area (Å²) in [5.41, 5.74) is 2.21. The molecule has 4 N–H and O–H groups in total. The number of nitrogens with two attached hydrogens (primary N) is 1. The molecule has 0 spiro atoms. The molecule has 1 amide bonds. The molecular formula is C21H21N5O5S2. The summed E-state index contributed by atoms with van der Waals surface area (Å²) in [6.07, 6.45) is 1.56. The first-order valence-corrected chi connectivity index (χ1v) is 12.1. The summed E-state index contributed by atoms with van der Waals surface area (Å²) in [6, 6.07) is 6.48. The number of aromatic nitrogens is 3. The highest BCUT2D eigenvalue weighted by molar-refractivity contribution is 7.91. The molecule has 0 fully saturated rings. The van der Waals surface area contributed by atoms with Gasteiger partial charge in [-0.25, -0.2) is 18.5 Å². The van der Waals surface area contributed by atoms with Gasteiger partial charge in [0.1, 0.15) is 21.2 Å². The number of nitrogens with zero attached hydrogens (tertiary/aromatic N) is 2. The topological polar surface area (TPSA) is 149 Å². The molecular weight excluding hydrogens is 466 g/mol. The number of primary sulfonamides is 1. The van der Waals surface area contributed by atoms with Crippen LogP contribution >= 0.6 is 11.3 Å². The summed E-state index contributed by atoms with van der Waals surface area (Å²) in [7, 11) is -0.986. The fraction of sp³-hybridized carbons (Fsp3) is 0.190. The van der Waals surface area contributed by atoms with Gasteiger partial charge in [-0.3, -0.25) is 9.59 Å². The predicted molar refractivity (Wildman–Crippen MR) is 125 cm³/mol. The lowest BCUT2D eigenvalue weighted by atomic mass is 10.1. The van der Waals surface area contributed by atoms with Gasteiger partial charge in [0, 0.05) is 49.1 Å². The SMILES string of the molecule is CNC(=O)c1cc2c(-c3sc(S(N)(=O)=O)cc3Oc3cc(C)cc(C)n3)cn(C)c(=O)c2[nH]1. The second-order valence-corrected chi connectivity index (χ2v) is 10.4. The lowest BCUT2D eigenvalue weighted by molar-refractivity contribution is 0.0959. The zero-order valence-corrected chi connectivity index (χ0v) is 19.8. The van der Waals surface area contributed by atoms with Gasteiger partial charge in [-0.2, -0.15) is 0 Å². The highest BCUT2D eigenvalue weighted by Crippen LogP contribution is 2.44. The maximum absolute atomic E-state index is 12.7. The number of carbonyl (C=O) groups is 1. The summed E-state index contributed by atoms with van der Waals surface area (Å²) in [4.78, 5) is 32.5. The molecule has 0 aromatic carbocycles. The molecule has 33 heavy (non-hydrogen) atoms. The van der Waals surface area contributed by atoms with Crippen molar-refractivity contribution in [1.82, 2.24) is 19.9 Å². The molecule has 172 valence electrons. The Morgan fingerprint density at radius 2 is 1.97 bits per heavy atom. The molecule has 0 aliphatic heterocycles. The van der Waals surface area contributed by atoms with Gasteiger partial charge in [0.15, 0.2) is 0 Å². The molecule has 4 aromatic heterocycles. The fourth-order valence-electron chi connectivity index (χ4n) is 3.50. The third kappa shape index (κ3) is 4.27. The van der Waals surface area contributed by atoms with E-state index in [-0.39, 0.29) is 32.6 Å². The van der Waals surface area contributed by atoms with Crippen LogP contribution in [0.2, 0.25) is 0 Å². The Hall–Kier alpha value is -3.48. The minimum atomic E-state index is -4.03. The molecule has 4 heterocycles. The van der Waals surface area contributed by atoms with Crippen molar-refractivity contribution in [3.63, 3.8) is 0 Å². The van der Waals surface area contributed by atoms with Crippen LogP contribution in [0.4, 0.5) is 0 Å². The Bertz CT molecular complexity index is 1560. The first-order valence-electron chi connectivity index (χ1n) is 9.72. The first-order chi connectivity index (χ1) is 15.5. The predicted octanol–water partition coefficient (Wildman–Crippen LogP) is 2.41. The van der Waals surface area contributed by atoms with Crippen LogP contribution in [0.5, 0.6) is 11.6 Å². The standard InChI is InChI=1S/C21H21N5O5S2/c1-10-5-11(2)24-16(6-10)31-15-8-17(33(22,29)30)32-19(15)13-9-26(4)21(28)18-12(13)7-14(25-18)20(27)23-3/h5-9,25H,1-4H3,(H,23,27)(H2,22,29,30). The second-order valence-electron chi connectivity index (χ2n) is 7.54. The molecule has 0 unspecified atom stereocenters.